The van der Waals surface area contributed by atoms with Crippen molar-refractivity contribution >= 4 is 17.6 Å². The number of carboxylic acids is 1. The van der Waals surface area contributed by atoms with Gasteiger partial charge in [0.1, 0.15) is 17.3 Å². The van der Waals surface area contributed by atoms with Crippen LogP contribution in [0.3, 0.4) is 0 Å². The molecule has 0 aliphatic heterocycles. The number of benzene rings is 2. The van der Waals surface area contributed by atoms with Crippen molar-refractivity contribution in [2.45, 2.75) is 58.4 Å². The van der Waals surface area contributed by atoms with E-state index in [4.69, 9.17) is 9.52 Å². The van der Waals surface area contributed by atoms with Gasteiger partial charge in [0.15, 0.2) is 0 Å². The number of halogens is 1. The van der Waals surface area contributed by atoms with Crippen LogP contribution in [0, 0.1) is 25.6 Å². The molecule has 2 aromatic carbocycles. The van der Waals surface area contributed by atoms with Crippen molar-refractivity contribution in [1.82, 2.24) is 5.32 Å². The van der Waals surface area contributed by atoms with Crippen molar-refractivity contribution < 1.29 is 23.5 Å². The van der Waals surface area contributed by atoms with E-state index in [0.29, 0.717) is 11.5 Å². The van der Waals surface area contributed by atoms with Crippen molar-refractivity contribution in [1.29, 1.82) is 0 Å². The van der Waals surface area contributed by atoms with Crippen molar-refractivity contribution in [3.05, 3.63) is 76.8 Å². The van der Waals surface area contributed by atoms with E-state index < -0.39 is 5.97 Å². The lowest BCUT2D eigenvalue weighted by molar-refractivity contribution is -0.136. The lowest BCUT2D eigenvalue weighted by Gasteiger charge is -2.31. The van der Waals surface area contributed by atoms with Crippen LogP contribution in [0.4, 0.5) is 10.1 Å². The predicted molar refractivity (Wildman–Crippen MR) is 138 cm³/mol. The summed E-state index contributed by atoms with van der Waals surface area (Å²) in [5.74, 6) is 0.506. The first-order valence-electron chi connectivity index (χ1n) is 12.6. The molecular formula is C29H33FN2O4. The van der Waals surface area contributed by atoms with Crippen LogP contribution < -0.4 is 10.6 Å². The number of carboxylic acid groups (broad SMARTS) is 1. The zero-order chi connectivity index (χ0) is 25.7. The predicted octanol–water partition coefficient (Wildman–Crippen LogP) is 6.64. The number of carbonyl (C=O) groups excluding carboxylic acids is 1. The minimum Gasteiger partial charge on any atom is -0.481 e. The van der Waals surface area contributed by atoms with Gasteiger partial charge in [-0.3, -0.25) is 9.59 Å². The highest BCUT2D eigenvalue weighted by atomic mass is 19.1. The van der Waals surface area contributed by atoms with Crippen molar-refractivity contribution in [2.24, 2.45) is 5.92 Å². The molecule has 3 aromatic rings. The first-order valence-corrected chi connectivity index (χ1v) is 12.6. The van der Waals surface area contributed by atoms with E-state index in [-0.39, 0.29) is 30.7 Å². The number of nitrogens with one attached hydrogen (secondary N) is 2. The second kappa shape index (κ2) is 11.4. The Kier molecular flexibility index (Phi) is 8.08. The summed E-state index contributed by atoms with van der Waals surface area (Å²) in [4.78, 5) is 23.0. The Morgan fingerprint density at radius 1 is 1.06 bits per heavy atom. The summed E-state index contributed by atoms with van der Waals surface area (Å²) in [7, 11) is 0. The monoisotopic (exact) mass is 492 g/mol. The van der Waals surface area contributed by atoms with E-state index in [1.165, 1.54) is 31.4 Å². The van der Waals surface area contributed by atoms with E-state index in [0.717, 1.165) is 46.7 Å². The smallest absolute Gasteiger partial charge is 0.305 e. The molecular weight excluding hydrogens is 459 g/mol. The molecule has 0 spiro atoms. The Bertz CT molecular complexity index is 1210. The molecule has 1 atom stereocenters. The largest absolute Gasteiger partial charge is 0.481 e. The molecule has 7 heteroatoms. The number of carbonyl (C=O) groups is 2. The second-order valence-electron chi connectivity index (χ2n) is 9.58. The van der Waals surface area contributed by atoms with E-state index >= 15 is 0 Å². The minimum absolute atomic E-state index is 0.0406. The Labute approximate surface area is 210 Å². The molecule has 190 valence electrons. The first kappa shape index (κ1) is 25.5. The number of aliphatic carboxylic acids is 1. The van der Waals surface area contributed by atoms with Crippen LogP contribution in [-0.4, -0.2) is 23.5 Å². The fourth-order valence-corrected chi connectivity index (χ4v) is 5.04. The van der Waals surface area contributed by atoms with Crippen molar-refractivity contribution in [3.63, 3.8) is 0 Å². The normalized spacial score (nSPS) is 14.9. The molecule has 1 aromatic heterocycles. The molecule has 1 heterocycles. The molecule has 4 rings (SSSR count). The summed E-state index contributed by atoms with van der Waals surface area (Å²) in [6.07, 6.45) is 5.77. The van der Waals surface area contributed by atoms with Gasteiger partial charge in [0.2, 0.25) is 0 Å². The molecule has 0 radical (unpaired) electrons. The van der Waals surface area contributed by atoms with Gasteiger partial charge in [0.05, 0.1) is 12.5 Å². The highest BCUT2D eigenvalue weighted by molar-refractivity contribution is 5.94. The highest BCUT2D eigenvalue weighted by Crippen LogP contribution is 2.40. The Hall–Kier alpha value is -3.61. The summed E-state index contributed by atoms with van der Waals surface area (Å²) < 4.78 is 19.8. The summed E-state index contributed by atoms with van der Waals surface area (Å²) in [6, 6.07) is 14.1. The highest BCUT2D eigenvalue weighted by Gasteiger charge is 2.29. The number of amides is 1. The fraction of sp³-hybridized carbons (Fsp3) is 0.379. The zero-order valence-electron chi connectivity index (χ0n) is 20.8. The number of anilines is 1. The van der Waals surface area contributed by atoms with E-state index in [1.54, 1.807) is 18.2 Å². The molecule has 6 nitrogen and oxygen atoms in total. The van der Waals surface area contributed by atoms with Gasteiger partial charge in [-0.2, -0.15) is 0 Å². The van der Waals surface area contributed by atoms with Crippen LogP contribution in [0.5, 0.6) is 0 Å². The van der Waals surface area contributed by atoms with E-state index in [2.05, 4.69) is 16.7 Å². The number of hydrogen-bond donors (Lipinski definition) is 3. The maximum atomic E-state index is 13.6. The Morgan fingerprint density at radius 3 is 2.44 bits per heavy atom. The van der Waals surface area contributed by atoms with Gasteiger partial charge in [-0.1, -0.05) is 19.3 Å². The van der Waals surface area contributed by atoms with Gasteiger partial charge < -0.3 is 20.2 Å². The Balaban J connectivity index is 1.56. The third-order valence-corrected chi connectivity index (χ3v) is 6.96. The molecule has 1 aliphatic rings. The standard InChI is InChI=1S/C29H33FN2O4/c1-18-16-22(30)10-13-24(18)26-17-25(19(2)36-26)28(20-6-4-3-5-7-20)32-23-11-8-21(9-12-23)29(35)31-15-14-27(33)34/h8-13,16-17,20,28,32H,3-7,14-15H2,1-2H3,(H,31,35)(H,33,34). The molecule has 1 fully saturated rings. The van der Waals surface area contributed by atoms with Crippen molar-refractivity contribution in [2.75, 3.05) is 11.9 Å². The van der Waals surface area contributed by atoms with Gasteiger partial charge in [0.25, 0.3) is 5.91 Å². The average molecular weight is 493 g/mol. The number of hydrogen-bond acceptors (Lipinski definition) is 4. The Morgan fingerprint density at radius 2 is 1.78 bits per heavy atom. The van der Waals surface area contributed by atoms with Crippen LogP contribution in [-0.2, 0) is 4.79 Å². The molecule has 1 saturated carbocycles. The quantitative estimate of drug-likeness (QED) is 0.311. The topological polar surface area (TPSA) is 91.6 Å². The average Bonchev–Trinajstić information content (AvgIpc) is 3.24. The van der Waals surface area contributed by atoms with Gasteiger partial charge in [-0.05, 0) is 86.7 Å². The third kappa shape index (κ3) is 6.14. The van der Waals surface area contributed by atoms with Gasteiger partial charge in [-0.25, -0.2) is 4.39 Å². The zero-order valence-corrected chi connectivity index (χ0v) is 20.8. The molecule has 3 N–H and O–H groups in total. The van der Waals surface area contributed by atoms with E-state index in [1.807, 2.05) is 26.0 Å². The maximum Gasteiger partial charge on any atom is 0.305 e. The SMILES string of the molecule is Cc1cc(F)ccc1-c1cc(C(Nc2ccc(C(=O)NCCC(=O)O)cc2)C2CCCCC2)c(C)o1. The van der Waals surface area contributed by atoms with Crippen LogP contribution in [0.2, 0.25) is 0 Å². The lowest BCUT2D eigenvalue weighted by atomic mass is 9.81. The first-order chi connectivity index (χ1) is 17.3. The molecule has 36 heavy (non-hydrogen) atoms. The van der Waals surface area contributed by atoms with Crippen LogP contribution in [0.15, 0.2) is 52.9 Å². The van der Waals surface area contributed by atoms with Crippen LogP contribution in [0.1, 0.15) is 71.8 Å². The summed E-state index contributed by atoms with van der Waals surface area (Å²) >= 11 is 0. The maximum absolute atomic E-state index is 13.6. The van der Waals surface area contributed by atoms with Crippen molar-refractivity contribution in [3.8, 4) is 11.3 Å². The number of furan rings is 1. The minimum atomic E-state index is -0.948. The van der Waals surface area contributed by atoms with Gasteiger partial charge >= 0.3 is 5.97 Å². The van der Waals surface area contributed by atoms with Crippen LogP contribution >= 0.6 is 0 Å². The molecule has 0 saturated heterocycles. The van der Waals surface area contributed by atoms with Gasteiger partial charge in [-0.15, -0.1) is 0 Å². The lowest BCUT2D eigenvalue weighted by Crippen LogP contribution is -2.26. The second-order valence-corrected chi connectivity index (χ2v) is 9.58. The summed E-state index contributed by atoms with van der Waals surface area (Å²) in [5, 5.41) is 15.1. The van der Waals surface area contributed by atoms with E-state index in [9.17, 15) is 14.0 Å². The number of rotatable bonds is 9. The van der Waals surface area contributed by atoms with Crippen LogP contribution in [0.25, 0.3) is 11.3 Å². The summed E-state index contributed by atoms with van der Waals surface area (Å²) in [5.41, 5.74) is 4.18. The van der Waals surface area contributed by atoms with Gasteiger partial charge in [0, 0.05) is 28.9 Å². The molecule has 0 bridgehead atoms. The number of aryl methyl sites for hydroxylation is 2. The third-order valence-electron chi connectivity index (χ3n) is 6.96. The molecule has 1 aliphatic carbocycles. The summed E-state index contributed by atoms with van der Waals surface area (Å²) in [6.45, 7) is 3.94. The molecule has 1 unspecified atom stereocenters. The molecule has 1 amide bonds. The fourth-order valence-electron chi connectivity index (χ4n) is 5.04.